The number of hydrogen-bond acceptors (Lipinski definition) is 2. The van der Waals surface area contributed by atoms with Gasteiger partial charge in [0, 0.05) is 25.7 Å². The summed E-state index contributed by atoms with van der Waals surface area (Å²) in [5.41, 5.74) is 1.27. The van der Waals surface area contributed by atoms with Crippen LogP contribution in [0.2, 0.25) is 0 Å². The fourth-order valence-electron chi connectivity index (χ4n) is 2.42. The molecule has 2 N–H and O–H groups in total. The van der Waals surface area contributed by atoms with Crippen molar-refractivity contribution in [3.05, 3.63) is 35.9 Å². The van der Waals surface area contributed by atoms with E-state index in [4.69, 9.17) is 6.42 Å². The lowest BCUT2D eigenvalue weighted by Gasteiger charge is -2.33. The molecule has 1 aromatic carbocycles. The Hall–Kier alpha value is -1.99. The summed E-state index contributed by atoms with van der Waals surface area (Å²) in [5, 5.41) is 6.24. The molecule has 0 aromatic heterocycles. The van der Waals surface area contributed by atoms with E-state index < -0.39 is 0 Å². The third kappa shape index (κ3) is 4.29. The largest absolute Gasteiger partial charge is 0.327 e. The van der Waals surface area contributed by atoms with Gasteiger partial charge in [-0.15, -0.1) is 6.42 Å². The average Bonchev–Trinajstić information content (AvgIpc) is 2.52. The van der Waals surface area contributed by atoms with E-state index in [0.717, 1.165) is 32.5 Å². The molecule has 1 aromatic rings. The average molecular weight is 271 g/mol. The smallest absolute Gasteiger partial charge is 0.318 e. The first-order valence-corrected chi connectivity index (χ1v) is 7.03. The Labute approximate surface area is 120 Å². The van der Waals surface area contributed by atoms with Gasteiger partial charge in [-0.3, -0.25) is 0 Å². The van der Waals surface area contributed by atoms with Crippen LogP contribution in [-0.2, 0) is 6.54 Å². The fraction of sp³-hybridized carbons (Fsp3) is 0.438. The summed E-state index contributed by atoms with van der Waals surface area (Å²) >= 11 is 0. The highest BCUT2D eigenvalue weighted by Gasteiger charge is 2.22. The van der Waals surface area contributed by atoms with Gasteiger partial charge in [-0.2, -0.15) is 0 Å². The number of urea groups is 1. The van der Waals surface area contributed by atoms with E-state index in [1.165, 1.54) is 5.56 Å². The SMILES string of the molecule is C#CCNC(=O)N1CCC[C@@H](NCc2ccccc2)C1. The number of nitrogens with zero attached hydrogens (tertiary/aromatic N) is 1. The normalized spacial score (nSPS) is 18.4. The van der Waals surface area contributed by atoms with Crippen molar-refractivity contribution in [2.45, 2.75) is 25.4 Å². The molecule has 1 aliphatic heterocycles. The topological polar surface area (TPSA) is 44.4 Å². The molecule has 0 saturated carbocycles. The number of terminal acetylenes is 1. The molecule has 2 amide bonds. The third-order valence-corrected chi connectivity index (χ3v) is 3.49. The van der Waals surface area contributed by atoms with Crippen molar-refractivity contribution in [2.24, 2.45) is 0 Å². The molecule has 1 fully saturated rings. The summed E-state index contributed by atoms with van der Waals surface area (Å²) in [7, 11) is 0. The molecule has 0 spiro atoms. The van der Waals surface area contributed by atoms with Crippen molar-refractivity contribution in [1.82, 2.24) is 15.5 Å². The van der Waals surface area contributed by atoms with Crippen molar-refractivity contribution >= 4 is 6.03 Å². The molecule has 1 aliphatic rings. The number of rotatable bonds is 4. The maximum Gasteiger partial charge on any atom is 0.318 e. The molecule has 0 aliphatic carbocycles. The van der Waals surface area contributed by atoms with Crippen LogP contribution >= 0.6 is 0 Å². The van der Waals surface area contributed by atoms with Crippen molar-refractivity contribution in [1.29, 1.82) is 0 Å². The van der Waals surface area contributed by atoms with E-state index in [0.29, 0.717) is 6.04 Å². The number of amides is 2. The first kappa shape index (κ1) is 14.4. The maximum absolute atomic E-state index is 11.9. The van der Waals surface area contributed by atoms with Gasteiger partial charge in [0.25, 0.3) is 0 Å². The van der Waals surface area contributed by atoms with Crippen LogP contribution < -0.4 is 10.6 Å². The van der Waals surface area contributed by atoms with Crippen LogP contribution in [0.5, 0.6) is 0 Å². The van der Waals surface area contributed by atoms with Crippen molar-refractivity contribution in [3.8, 4) is 12.3 Å². The maximum atomic E-state index is 11.9. The van der Waals surface area contributed by atoms with E-state index in [9.17, 15) is 4.79 Å². The fourth-order valence-corrected chi connectivity index (χ4v) is 2.42. The third-order valence-electron chi connectivity index (χ3n) is 3.49. The summed E-state index contributed by atoms with van der Waals surface area (Å²) in [6, 6.07) is 10.6. The highest BCUT2D eigenvalue weighted by Crippen LogP contribution is 2.11. The number of piperidine rings is 1. The van der Waals surface area contributed by atoms with E-state index in [1.54, 1.807) is 0 Å². The van der Waals surface area contributed by atoms with Gasteiger partial charge in [0.2, 0.25) is 0 Å². The number of carbonyl (C=O) groups is 1. The van der Waals surface area contributed by atoms with Crippen LogP contribution in [0, 0.1) is 12.3 Å². The lowest BCUT2D eigenvalue weighted by Crippen LogP contribution is -2.51. The zero-order valence-electron chi connectivity index (χ0n) is 11.6. The van der Waals surface area contributed by atoms with Gasteiger partial charge in [-0.05, 0) is 18.4 Å². The Morgan fingerprint density at radius 3 is 2.95 bits per heavy atom. The van der Waals surface area contributed by atoms with Crippen LogP contribution in [0.1, 0.15) is 18.4 Å². The predicted molar refractivity (Wildman–Crippen MR) is 80.1 cm³/mol. The Balaban J connectivity index is 1.78. The summed E-state index contributed by atoms with van der Waals surface area (Å²) in [6.07, 6.45) is 7.28. The number of likely N-dealkylation sites (tertiary alicyclic amines) is 1. The Kier molecular flexibility index (Phi) is 5.45. The summed E-state index contributed by atoms with van der Waals surface area (Å²) < 4.78 is 0. The Morgan fingerprint density at radius 2 is 2.20 bits per heavy atom. The van der Waals surface area contributed by atoms with Gasteiger partial charge in [0.15, 0.2) is 0 Å². The molecule has 106 valence electrons. The quantitative estimate of drug-likeness (QED) is 0.817. The van der Waals surface area contributed by atoms with Crippen molar-refractivity contribution in [2.75, 3.05) is 19.6 Å². The molecular formula is C16H21N3O. The second-order valence-electron chi connectivity index (χ2n) is 5.01. The molecule has 20 heavy (non-hydrogen) atoms. The van der Waals surface area contributed by atoms with Crippen LogP contribution in [0.25, 0.3) is 0 Å². The summed E-state index contributed by atoms with van der Waals surface area (Å²) in [5.74, 6) is 2.42. The zero-order chi connectivity index (χ0) is 14.2. The van der Waals surface area contributed by atoms with Crippen LogP contribution in [0.3, 0.4) is 0 Å². The molecule has 0 radical (unpaired) electrons. The summed E-state index contributed by atoms with van der Waals surface area (Å²) in [6.45, 7) is 2.67. The second kappa shape index (κ2) is 7.56. The van der Waals surface area contributed by atoms with Gasteiger partial charge >= 0.3 is 6.03 Å². The molecule has 2 rings (SSSR count). The first-order valence-electron chi connectivity index (χ1n) is 7.03. The molecule has 4 heteroatoms. The predicted octanol–water partition coefficient (Wildman–Crippen LogP) is 1.58. The summed E-state index contributed by atoms with van der Waals surface area (Å²) in [4.78, 5) is 13.7. The van der Waals surface area contributed by atoms with Gasteiger partial charge < -0.3 is 15.5 Å². The van der Waals surface area contributed by atoms with Gasteiger partial charge in [-0.1, -0.05) is 36.3 Å². The minimum atomic E-state index is -0.0610. The molecule has 0 bridgehead atoms. The van der Waals surface area contributed by atoms with Gasteiger partial charge in [-0.25, -0.2) is 4.79 Å². The molecule has 4 nitrogen and oxygen atoms in total. The zero-order valence-corrected chi connectivity index (χ0v) is 11.6. The number of carbonyl (C=O) groups excluding carboxylic acids is 1. The van der Waals surface area contributed by atoms with Crippen molar-refractivity contribution < 1.29 is 4.79 Å². The highest BCUT2D eigenvalue weighted by molar-refractivity contribution is 5.74. The second-order valence-corrected chi connectivity index (χ2v) is 5.01. The first-order chi connectivity index (χ1) is 9.79. The van der Waals surface area contributed by atoms with E-state index in [2.05, 4.69) is 28.7 Å². The molecule has 0 unspecified atom stereocenters. The number of benzene rings is 1. The lowest BCUT2D eigenvalue weighted by atomic mass is 10.1. The van der Waals surface area contributed by atoms with E-state index in [-0.39, 0.29) is 12.6 Å². The lowest BCUT2D eigenvalue weighted by molar-refractivity contribution is 0.174. The molecule has 1 saturated heterocycles. The van der Waals surface area contributed by atoms with E-state index in [1.807, 2.05) is 23.1 Å². The minimum absolute atomic E-state index is 0.0610. The molecule has 1 heterocycles. The van der Waals surface area contributed by atoms with Gasteiger partial charge in [0.1, 0.15) is 0 Å². The number of hydrogen-bond donors (Lipinski definition) is 2. The van der Waals surface area contributed by atoms with Crippen LogP contribution in [0.4, 0.5) is 4.79 Å². The van der Waals surface area contributed by atoms with Crippen LogP contribution in [-0.4, -0.2) is 36.6 Å². The van der Waals surface area contributed by atoms with Crippen molar-refractivity contribution in [3.63, 3.8) is 0 Å². The minimum Gasteiger partial charge on any atom is -0.327 e. The van der Waals surface area contributed by atoms with E-state index >= 15 is 0 Å². The van der Waals surface area contributed by atoms with Crippen LogP contribution in [0.15, 0.2) is 30.3 Å². The van der Waals surface area contributed by atoms with Gasteiger partial charge in [0.05, 0.1) is 6.54 Å². The molecular weight excluding hydrogens is 250 g/mol. The number of nitrogens with one attached hydrogen (secondary N) is 2. The highest BCUT2D eigenvalue weighted by atomic mass is 16.2. The molecule has 1 atom stereocenters. The Bertz CT molecular complexity index is 466. The Morgan fingerprint density at radius 1 is 1.40 bits per heavy atom. The standard InChI is InChI=1S/C16H21N3O/c1-2-10-17-16(20)19-11-6-9-15(13-19)18-12-14-7-4-3-5-8-14/h1,3-5,7-8,15,18H,6,9-13H2,(H,17,20)/t15-/m1/s1. The monoisotopic (exact) mass is 271 g/mol.